The number of anilines is 2. The first-order valence-electron chi connectivity index (χ1n) is 5.74. The van der Waals surface area contributed by atoms with Gasteiger partial charge < -0.3 is 5.73 Å². The number of halogens is 3. The summed E-state index contributed by atoms with van der Waals surface area (Å²) >= 11 is 0. The van der Waals surface area contributed by atoms with Gasteiger partial charge in [-0.3, -0.25) is 4.72 Å². The van der Waals surface area contributed by atoms with Crippen LogP contribution in [0.2, 0.25) is 0 Å². The lowest BCUT2D eigenvalue weighted by Gasteiger charge is -2.11. The van der Waals surface area contributed by atoms with Crippen LogP contribution >= 0.6 is 0 Å². The van der Waals surface area contributed by atoms with E-state index in [0.29, 0.717) is 6.07 Å². The van der Waals surface area contributed by atoms with Crippen molar-refractivity contribution in [2.75, 3.05) is 10.5 Å². The SMILES string of the molecule is Cc1c(N)cc(S(=O)(=O)Nc2cc(F)ccc2F)cc1F. The number of nitrogens with two attached hydrogens (primary N) is 1. The molecule has 0 atom stereocenters. The molecule has 0 aromatic heterocycles. The van der Waals surface area contributed by atoms with Gasteiger partial charge in [-0.25, -0.2) is 21.6 Å². The highest BCUT2D eigenvalue weighted by Crippen LogP contribution is 2.24. The molecule has 112 valence electrons. The van der Waals surface area contributed by atoms with Crippen molar-refractivity contribution in [2.45, 2.75) is 11.8 Å². The number of sulfonamides is 1. The Balaban J connectivity index is 2.46. The van der Waals surface area contributed by atoms with Crippen LogP contribution in [0.15, 0.2) is 35.2 Å². The van der Waals surface area contributed by atoms with Crippen molar-refractivity contribution in [1.82, 2.24) is 0 Å². The Morgan fingerprint density at radius 2 is 1.71 bits per heavy atom. The van der Waals surface area contributed by atoms with Crippen molar-refractivity contribution >= 4 is 21.4 Å². The van der Waals surface area contributed by atoms with Crippen LogP contribution in [0.5, 0.6) is 0 Å². The Hall–Kier alpha value is -2.22. The fraction of sp³-hybridized carbons (Fsp3) is 0.0769. The number of nitrogens with one attached hydrogen (secondary N) is 1. The molecule has 0 spiro atoms. The third-order valence-electron chi connectivity index (χ3n) is 2.84. The molecular formula is C13H11F3N2O2S. The van der Waals surface area contributed by atoms with Gasteiger partial charge in [-0.15, -0.1) is 0 Å². The Bertz CT molecular complexity index is 784. The van der Waals surface area contributed by atoms with Crippen LogP contribution in [0.3, 0.4) is 0 Å². The highest BCUT2D eigenvalue weighted by molar-refractivity contribution is 7.92. The van der Waals surface area contributed by atoms with E-state index in [1.54, 1.807) is 0 Å². The molecule has 21 heavy (non-hydrogen) atoms. The largest absolute Gasteiger partial charge is 0.398 e. The molecule has 0 aliphatic heterocycles. The first kappa shape index (κ1) is 15.2. The zero-order valence-corrected chi connectivity index (χ0v) is 11.6. The Kier molecular flexibility index (Phi) is 3.82. The van der Waals surface area contributed by atoms with Crippen LogP contribution < -0.4 is 10.5 Å². The maximum Gasteiger partial charge on any atom is 0.262 e. The van der Waals surface area contributed by atoms with Crippen LogP contribution in [0, 0.1) is 24.4 Å². The molecule has 0 aliphatic rings. The van der Waals surface area contributed by atoms with E-state index in [0.717, 1.165) is 24.3 Å². The maximum absolute atomic E-state index is 13.5. The zero-order valence-electron chi connectivity index (χ0n) is 10.8. The highest BCUT2D eigenvalue weighted by Gasteiger charge is 2.19. The van der Waals surface area contributed by atoms with Crippen LogP contribution in [-0.4, -0.2) is 8.42 Å². The van der Waals surface area contributed by atoms with Gasteiger partial charge in [-0.05, 0) is 31.2 Å². The molecule has 0 amide bonds. The van der Waals surface area contributed by atoms with Crippen molar-refractivity contribution in [3.63, 3.8) is 0 Å². The summed E-state index contributed by atoms with van der Waals surface area (Å²) in [5, 5.41) is 0. The number of rotatable bonds is 3. The minimum Gasteiger partial charge on any atom is -0.398 e. The first-order chi connectivity index (χ1) is 9.70. The summed E-state index contributed by atoms with van der Waals surface area (Å²) in [6.45, 7) is 1.39. The normalized spacial score (nSPS) is 11.4. The topological polar surface area (TPSA) is 72.2 Å². The summed E-state index contributed by atoms with van der Waals surface area (Å²) in [4.78, 5) is -0.480. The molecular weight excluding hydrogens is 305 g/mol. The van der Waals surface area contributed by atoms with Crippen molar-refractivity contribution in [3.8, 4) is 0 Å². The summed E-state index contributed by atoms with van der Waals surface area (Å²) in [6, 6.07) is 4.10. The number of hydrogen-bond donors (Lipinski definition) is 2. The van der Waals surface area contributed by atoms with E-state index in [2.05, 4.69) is 0 Å². The van der Waals surface area contributed by atoms with Gasteiger partial charge in [0.2, 0.25) is 0 Å². The van der Waals surface area contributed by atoms with Gasteiger partial charge in [0.25, 0.3) is 10.0 Å². The molecule has 0 radical (unpaired) electrons. The average Bonchev–Trinajstić information content (AvgIpc) is 2.39. The van der Waals surface area contributed by atoms with Crippen LogP contribution in [0.4, 0.5) is 24.5 Å². The van der Waals surface area contributed by atoms with Gasteiger partial charge >= 0.3 is 0 Å². The van der Waals surface area contributed by atoms with Gasteiger partial charge in [-0.2, -0.15) is 0 Å². The molecule has 2 aromatic rings. The minimum atomic E-state index is -4.29. The molecule has 0 bridgehead atoms. The quantitative estimate of drug-likeness (QED) is 0.855. The second kappa shape index (κ2) is 5.28. The Labute approximate surface area is 119 Å². The predicted molar refractivity (Wildman–Crippen MR) is 72.7 cm³/mol. The van der Waals surface area contributed by atoms with Crippen molar-refractivity contribution in [3.05, 3.63) is 53.3 Å². The van der Waals surface area contributed by atoms with Gasteiger partial charge in [-0.1, -0.05) is 0 Å². The van der Waals surface area contributed by atoms with Gasteiger partial charge in [0.1, 0.15) is 17.5 Å². The van der Waals surface area contributed by atoms with E-state index in [-0.39, 0.29) is 11.3 Å². The lowest BCUT2D eigenvalue weighted by atomic mass is 10.2. The Morgan fingerprint density at radius 3 is 2.33 bits per heavy atom. The summed E-state index contributed by atoms with van der Waals surface area (Å²) in [5.74, 6) is -2.58. The molecule has 0 heterocycles. The van der Waals surface area contributed by atoms with Crippen LogP contribution in [0.1, 0.15) is 5.56 Å². The van der Waals surface area contributed by atoms with E-state index in [1.807, 2.05) is 4.72 Å². The molecule has 2 rings (SSSR count). The molecule has 0 aliphatic carbocycles. The average molecular weight is 316 g/mol. The summed E-state index contributed by atoms with van der Waals surface area (Å²) in [5.41, 5.74) is 4.97. The molecule has 0 saturated heterocycles. The second-order valence-corrected chi connectivity index (χ2v) is 6.03. The molecule has 0 unspecified atom stereocenters. The van der Waals surface area contributed by atoms with E-state index < -0.39 is 38.1 Å². The number of benzene rings is 2. The third-order valence-corrected chi connectivity index (χ3v) is 4.19. The summed E-state index contributed by atoms with van der Waals surface area (Å²) < 4.78 is 66.0. The third kappa shape index (κ3) is 3.10. The van der Waals surface area contributed by atoms with E-state index in [4.69, 9.17) is 5.73 Å². The first-order valence-corrected chi connectivity index (χ1v) is 7.22. The molecule has 2 aromatic carbocycles. The Morgan fingerprint density at radius 1 is 1.05 bits per heavy atom. The van der Waals surface area contributed by atoms with Gasteiger partial charge in [0, 0.05) is 17.3 Å². The standard InChI is InChI=1S/C13H11F3N2O2S/c1-7-11(16)5-9(6-12(7)17)21(19,20)18-13-4-8(14)2-3-10(13)15/h2-6,18H,17H2,1H3. The number of hydrogen-bond acceptors (Lipinski definition) is 3. The van der Waals surface area contributed by atoms with Crippen LogP contribution in [-0.2, 0) is 10.0 Å². The summed E-state index contributed by atoms with van der Waals surface area (Å²) in [6.07, 6.45) is 0. The van der Waals surface area contributed by atoms with E-state index in [9.17, 15) is 21.6 Å². The monoisotopic (exact) mass is 316 g/mol. The molecule has 8 heteroatoms. The highest BCUT2D eigenvalue weighted by atomic mass is 32.2. The van der Waals surface area contributed by atoms with Gasteiger partial charge in [0.15, 0.2) is 0 Å². The zero-order chi connectivity index (χ0) is 15.8. The molecule has 3 N–H and O–H groups in total. The van der Waals surface area contributed by atoms with E-state index in [1.165, 1.54) is 6.92 Å². The van der Waals surface area contributed by atoms with Crippen molar-refractivity contribution in [1.29, 1.82) is 0 Å². The van der Waals surface area contributed by atoms with E-state index >= 15 is 0 Å². The fourth-order valence-corrected chi connectivity index (χ4v) is 2.71. The maximum atomic E-state index is 13.5. The summed E-state index contributed by atoms with van der Waals surface area (Å²) in [7, 11) is -4.29. The fourth-order valence-electron chi connectivity index (χ4n) is 1.61. The smallest absolute Gasteiger partial charge is 0.262 e. The molecule has 0 fully saturated rings. The van der Waals surface area contributed by atoms with Gasteiger partial charge in [0.05, 0.1) is 10.6 Å². The second-order valence-electron chi connectivity index (χ2n) is 4.35. The minimum absolute atomic E-state index is 0.0601. The lowest BCUT2D eigenvalue weighted by molar-refractivity contribution is 0.589. The van der Waals surface area contributed by atoms with Crippen molar-refractivity contribution < 1.29 is 21.6 Å². The number of nitrogen functional groups attached to an aromatic ring is 1. The van der Waals surface area contributed by atoms with Crippen LogP contribution in [0.25, 0.3) is 0 Å². The molecule has 4 nitrogen and oxygen atoms in total. The van der Waals surface area contributed by atoms with Crippen molar-refractivity contribution in [2.24, 2.45) is 0 Å². The predicted octanol–water partition coefficient (Wildman–Crippen LogP) is 2.80. The molecule has 0 saturated carbocycles. The lowest BCUT2D eigenvalue weighted by Crippen LogP contribution is -2.15.